The van der Waals surface area contributed by atoms with Crippen LogP contribution in [0.5, 0.6) is 5.75 Å². The average Bonchev–Trinajstić information content (AvgIpc) is 2.91. The zero-order valence-corrected chi connectivity index (χ0v) is 12.3. The van der Waals surface area contributed by atoms with Crippen molar-refractivity contribution < 1.29 is 27.4 Å². The number of carbonyl (C=O) groups is 1. The predicted octanol–water partition coefficient (Wildman–Crippen LogP) is 3.46. The molecule has 0 bridgehead atoms. The van der Waals surface area contributed by atoms with E-state index in [4.69, 9.17) is 9.47 Å². The van der Waals surface area contributed by atoms with Crippen molar-refractivity contribution in [3.63, 3.8) is 0 Å². The number of carbonyl (C=O) groups excluding carboxylic acids is 1. The smallest absolute Gasteiger partial charge is 0.363 e. The monoisotopic (exact) mass is 333 g/mol. The number of rotatable bonds is 3. The van der Waals surface area contributed by atoms with E-state index in [0.717, 1.165) is 12.1 Å². The van der Waals surface area contributed by atoms with Crippen molar-refractivity contribution in [1.29, 1.82) is 0 Å². The maximum atomic E-state index is 13.7. The van der Waals surface area contributed by atoms with Crippen LogP contribution in [0.2, 0.25) is 0 Å². The lowest BCUT2D eigenvalue weighted by Crippen LogP contribution is -2.06. The van der Waals surface area contributed by atoms with Gasteiger partial charge in [0.1, 0.15) is 0 Å². The first-order valence-electron chi connectivity index (χ1n) is 6.79. The van der Waals surface area contributed by atoms with Crippen LogP contribution in [0.4, 0.5) is 13.2 Å². The van der Waals surface area contributed by atoms with Crippen LogP contribution in [0.25, 0.3) is 6.08 Å². The molecule has 1 aliphatic heterocycles. The van der Waals surface area contributed by atoms with Crippen molar-refractivity contribution in [2.45, 2.75) is 0 Å². The van der Waals surface area contributed by atoms with Crippen LogP contribution in [-0.4, -0.2) is 19.0 Å². The SMILES string of the molecule is COc1ccc(/C=C2/N=C(c3ccc(F)c(F)c3)OC2=O)cc1F. The number of methoxy groups -OCH3 is 1. The molecular weight excluding hydrogens is 323 g/mol. The Bertz CT molecular complexity index is 891. The maximum absolute atomic E-state index is 13.7. The molecule has 0 amide bonds. The van der Waals surface area contributed by atoms with Gasteiger partial charge in [-0.15, -0.1) is 0 Å². The quantitative estimate of drug-likeness (QED) is 0.638. The van der Waals surface area contributed by atoms with Gasteiger partial charge in [0.05, 0.1) is 7.11 Å². The van der Waals surface area contributed by atoms with Gasteiger partial charge in [-0.1, -0.05) is 6.07 Å². The molecule has 0 unspecified atom stereocenters. The van der Waals surface area contributed by atoms with E-state index in [2.05, 4.69) is 4.99 Å². The van der Waals surface area contributed by atoms with Gasteiger partial charge in [0.15, 0.2) is 28.9 Å². The zero-order valence-electron chi connectivity index (χ0n) is 12.3. The van der Waals surface area contributed by atoms with E-state index in [0.29, 0.717) is 5.56 Å². The summed E-state index contributed by atoms with van der Waals surface area (Å²) in [5.74, 6) is -3.56. The molecule has 3 rings (SSSR count). The summed E-state index contributed by atoms with van der Waals surface area (Å²) in [6, 6.07) is 7.12. The van der Waals surface area contributed by atoms with Crippen LogP contribution in [0.1, 0.15) is 11.1 Å². The summed E-state index contributed by atoms with van der Waals surface area (Å²) in [6.45, 7) is 0. The van der Waals surface area contributed by atoms with Crippen molar-refractivity contribution in [2.75, 3.05) is 7.11 Å². The van der Waals surface area contributed by atoms with E-state index in [9.17, 15) is 18.0 Å². The second-order valence-electron chi connectivity index (χ2n) is 4.86. The van der Waals surface area contributed by atoms with Crippen molar-refractivity contribution in [3.8, 4) is 5.75 Å². The summed E-state index contributed by atoms with van der Waals surface area (Å²) in [6.07, 6.45) is 1.32. The number of hydrogen-bond acceptors (Lipinski definition) is 4. The Morgan fingerprint density at radius 1 is 1.04 bits per heavy atom. The second-order valence-corrected chi connectivity index (χ2v) is 4.86. The highest BCUT2D eigenvalue weighted by Gasteiger charge is 2.25. The molecule has 2 aromatic carbocycles. The molecule has 0 aromatic heterocycles. The first-order valence-corrected chi connectivity index (χ1v) is 6.79. The Morgan fingerprint density at radius 3 is 2.50 bits per heavy atom. The summed E-state index contributed by atoms with van der Waals surface area (Å²) in [4.78, 5) is 15.8. The van der Waals surface area contributed by atoms with Gasteiger partial charge in [0, 0.05) is 5.56 Å². The van der Waals surface area contributed by atoms with Gasteiger partial charge in [-0.25, -0.2) is 23.0 Å². The Morgan fingerprint density at radius 2 is 1.83 bits per heavy atom. The van der Waals surface area contributed by atoms with Gasteiger partial charge in [-0.3, -0.25) is 0 Å². The molecule has 0 spiro atoms. The minimum absolute atomic E-state index is 0.0668. The van der Waals surface area contributed by atoms with E-state index >= 15 is 0 Å². The van der Waals surface area contributed by atoms with Gasteiger partial charge >= 0.3 is 5.97 Å². The van der Waals surface area contributed by atoms with Crippen LogP contribution in [0, 0.1) is 17.5 Å². The molecule has 4 nitrogen and oxygen atoms in total. The fourth-order valence-electron chi connectivity index (χ4n) is 2.09. The van der Waals surface area contributed by atoms with Crippen molar-refractivity contribution >= 4 is 17.9 Å². The van der Waals surface area contributed by atoms with Gasteiger partial charge in [-0.05, 0) is 42.0 Å². The molecule has 1 aliphatic rings. The third-order valence-electron chi connectivity index (χ3n) is 3.27. The maximum Gasteiger partial charge on any atom is 0.363 e. The molecule has 2 aromatic rings. The number of benzene rings is 2. The molecule has 7 heteroatoms. The van der Waals surface area contributed by atoms with E-state index in [1.807, 2.05) is 0 Å². The minimum atomic E-state index is -1.08. The Labute approximate surface area is 134 Å². The first kappa shape index (κ1) is 15.8. The summed E-state index contributed by atoms with van der Waals surface area (Å²) >= 11 is 0. The number of esters is 1. The number of halogens is 3. The van der Waals surface area contributed by atoms with E-state index in [-0.39, 0.29) is 22.9 Å². The zero-order chi connectivity index (χ0) is 17.3. The van der Waals surface area contributed by atoms with Crippen LogP contribution < -0.4 is 4.74 Å². The molecule has 0 atom stereocenters. The fourth-order valence-corrected chi connectivity index (χ4v) is 2.09. The third kappa shape index (κ3) is 3.01. The van der Waals surface area contributed by atoms with Crippen molar-refractivity contribution in [2.24, 2.45) is 4.99 Å². The van der Waals surface area contributed by atoms with E-state index in [1.54, 1.807) is 0 Å². The average molecular weight is 333 g/mol. The lowest BCUT2D eigenvalue weighted by Gasteiger charge is -2.01. The standard InChI is InChI=1S/C17H10F3NO3/c1-23-15-5-2-9(6-13(15)20)7-14-17(22)24-16(21-14)10-3-4-11(18)12(19)8-10/h2-8H,1H3/b14-7+. The molecule has 0 N–H and O–H groups in total. The highest BCUT2D eigenvalue weighted by Crippen LogP contribution is 2.23. The number of ether oxygens (including phenoxy) is 2. The normalized spacial score (nSPS) is 15.4. The Kier molecular flexibility index (Phi) is 4.07. The predicted molar refractivity (Wildman–Crippen MR) is 79.9 cm³/mol. The van der Waals surface area contributed by atoms with Crippen molar-refractivity contribution in [1.82, 2.24) is 0 Å². The van der Waals surface area contributed by atoms with Gasteiger partial charge in [0.25, 0.3) is 0 Å². The van der Waals surface area contributed by atoms with Crippen LogP contribution in [0.15, 0.2) is 47.1 Å². The summed E-state index contributed by atoms with van der Waals surface area (Å²) in [5.41, 5.74) is 0.404. The first-order chi connectivity index (χ1) is 11.5. The lowest BCUT2D eigenvalue weighted by atomic mass is 10.2. The van der Waals surface area contributed by atoms with Crippen molar-refractivity contribution in [3.05, 3.63) is 70.7 Å². The molecule has 1 heterocycles. The Hall–Kier alpha value is -3.09. The fraction of sp³-hybridized carbons (Fsp3) is 0.0588. The third-order valence-corrected chi connectivity index (χ3v) is 3.27. The van der Waals surface area contributed by atoms with Crippen LogP contribution >= 0.6 is 0 Å². The Balaban J connectivity index is 1.93. The highest BCUT2D eigenvalue weighted by molar-refractivity contribution is 6.12. The molecule has 0 saturated heterocycles. The molecule has 0 aliphatic carbocycles. The molecular formula is C17H10F3NO3. The van der Waals surface area contributed by atoms with Gasteiger partial charge < -0.3 is 9.47 Å². The van der Waals surface area contributed by atoms with E-state index in [1.165, 1.54) is 37.5 Å². The summed E-state index contributed by atoms with van der Waals surface area (Å²) in [7, 11) is 1.34. The molecule has 0 saturated carbocycles. The minimum Gasteiger partial charge on any atom is -0.494 e. The second kappa shape index (κ2) is 6.19. The van der Waals surface area contributed by atoms with Gasteiger partial charge in [0.2, 0.25) is 5.90 Å². The number of cyclic esters (lactones) is 1. The van der Waals surface area contributed by atoms with E-state index < -0.39 is 23.4 Å². The topological polar surface area (TPSA) is 47.9 Å². The highest BCUT2D eigenvalue weighted by atomic mass is 19.2. The molecule has 0 fully saturated rings. The number of aliphatic imine (C=N–C) groups is 1. The molecule has 122 valence electrons. The molecule has 24 heavy (non-hydrogen) atoms. The summed E-state index contributed by atoms with van der Waals surface area (Å²) < 4.78 is 49.6. The number of hydrogen-bond donors (Lipinski definition) is 0. The number of nitrogens with zero attached hydrogens (tertiary/aromatic N) is 1. The largest absolute Gasteiger partial charge is 0.494 e. The summed E-state index contributed by atoms with van der Waals surface area (Å²) in [5, 5.41) is 0. The molecule has 0 radical (unpaired) electrons. The van der Waals surface area contributed by atoms with Crippen LogP contribution in [-0.2, 0) is 9.53 Å². The lowest BCUT2D eigenvalue weighted by molar-refractivity contribution is -0.129. The van der Waals surface area contributed by atoms with Crippen LogP contribution in [0.3, 0.4) is 0 Å². The van der Waals surface area contributed by atoms with Gasteiger partial charge in [-0.2, -0.15) is 0 Å².